The molecule has 9 nitrogen and oxygen atoms in total. The molecule has 0 aromatic carbocycles. The Hall–Kier alpha value is -3.33. The zero-order chi connectivity index (χ0) is 31.4. The summed E-state index contributed by atoms with van der Waals surface area (Å²) in [6.45, 7) is 7.94. The van der Waals surface area contributed by atoms with Crippen LogP contribution in [-0.4, -0.2) is 55.9 Å². The Morgan fingerprint density at radius 2 is 1.81 bits per heavy atom. The van der Waals surface area contributed by atoms with Crippen LogP contribution in [0.25, 0.3) is 0 Å². The molecule has 1 fully saturated rings. The van der Waals surface area contributed by atoms with E-state index in [9.17, 15) is 19.5 Å². The lowest BCUT2D eigenvalue weighted by Crippen LogP contribution is -2.54. The van der Waals surface area contributed by atoms with E-state index in [-0.39, 0.29) is 43.0 Å². The van der Waals surface area contributed by atoms with Crippen LogP contribution < -0.4 is 11.1 Å². The van der Waals surface area contributed by atoms with Crippen LogP contribution in [0.15, 0.2) is 48.9 Å². The van der Waals surface area contributed by atoms with E-state index in [1.807, 2.05) is 45.9 Å². The minimum absolute atomic E-state index is 0.125. The van der Waals surface area contributed by atoms with Gasteiger partial charge >= 0.3 is 0 Å². The molecule has 0 unspecified atom stereocenters. The van der Waals surface area contributed by atoms with Gasteiger partial charge in [-0.3, -0.25) is 24.4 Å². The lowest BCUT2D eigenvalue weighted by Gasteiger charge is -2.38. The molecule has 3 amide bonds. The van der Waals surface area contributed by atoms with Crippen molar-refractivity contribution in [3.05, 3.63) is 60.2 Å². The summed E-state index contributed by atoms with van der Waals surface area (Å²) in [5.41, 5.74) is 7.36. The second-order valence-corrected chi connectivity index (χ2v) is 12.6. The Labute approximate surface area is 257 Å². The van der Waals surface area contributed by atoms with Crippen molar-refractivity contribution in [3.8, 4) is 0 Å². The third-order valence-corrected chi connectivity index (χ3v) is 8.98. The first-order valence-corrected chi connectivity index (χ1v) is 16.0. The average Bonchev–Trinajstić information content (AvgIpc) is 2.99. The largest absolute Gasteiger partial charge is 0.391 e. The van der Waals surface area contributed by atoms with E-state index in [2.05, 4.69) is 15.3 Å². The third-order valence-electron chi connectivity index (χ3n) is 8.98. The topological polar surface area (TPSA) is 139 Å². The Balaban J connectivity index is 1.85. The predicted octanol–water partition coefficient (Wildman–Crippen LogP) is 4.43. The van der Waals surface area contributed by atoms with Crippen LogP contribution in [0.4, 0.5) is 0 Å². The first-order chi connectivity index (χ1) is 20.6. The van der Waals surface area contributed by atoms with Crippen molar-refractivity contribution in [2.75, 3.05) is 0 Å². The molecule has 5 atom stereocenters. The number of aliphatic hydroxyl groups excluding tert-OH is 1. The van der Waals surface area contributed by atoms with Crippen molar-refractivity contribution in [2.24, 2.45) is 29.4 Å². The number of hydrogen-bond acceptors (Lipinski definition) is 6. The molecule has 0 bridgehead atoms. The normalized spacial score (nSPS) is 17.4. The number of aliphatic hydroxyl groups is 1. The van der Waals surface area contributed by atoms with Gasteiger partial charge in [-0.2, -0.15) is 0 Å². The number of nitrogens with two attached hydrogens (primary N) is 1. The van der Waals surface area contributed by atoms with E-state index in [1.165, 1.54) is 6.42 Å². The molecule has 2 heterocycles. The number of hydrogen-bond donors (Lipinski definition) is 3. The van der Waals surface area contributed by atoms with Crippen molar-refractivity contribution < 1.29 is 19.5 Å². The summed E-state index contributed by atoms with van der Waals surface area (Å²) in [5, 5.41) is 14.8. The molecule has 2 aromatic heterocycles. The maximum absolute atomic E-state index is 14.4. The monoisotopic (exact) mass is 593 g/mol. The number of carbonyl (C=O) groups excluding carboxylic acids is 3. The maximum atomic E-state index is 14.4. The number of nitrogens with zero attached hydrogens (tertiary/aromatic N) is 3. The number of primary amides is 1. The quantitative estimate of drug-likeness (QED) is 0.263. The van der Waals surface area contributed by atoms with Crippen molar-refractivity contribution in [1.29, 1.82) is 0 Å². The molecule has 0 spiro atoms. The van der Waals surface area contributed by atoms with Gasteiger partial charge in [0.15, 0.2) is 0 Å². The van der Waals surface area contributed by atoms with Gasteiger partial charge in [-0.05, 0) is 54.4 Å². The van der Waals surface area contributed by atoms with Gasteiger partial charge in [0, 0.05) is 24.5 Å². The van der Waals surface area contributed by atoms with Gasteiger partial charge in [-0.25, -0.2) is 0 Å². The highest BCUT2D eigenvalue weighted by atomic mass is 16.3. The van der Waals surface area contributed by atoms with Crippen LogP contribution in [0.5, 0.6) is 0 Å². The Morgan fingerprint density at radius 3 is 2.40 bits per heavy atom. The van der Waals surface area contributed by atoms with Crippen LogP contribution in [-0.2, 0) is 27.3 Å². The molecular formula is C34H51N5O4. The molecule has 1 saturated carbocycles. The van der Waals surface area contributed by atoms with Gasteiger partial charge < -0.3 is 21.1 Å². The van der Waals surface area contributed by atoms with Gasteiger partial charge in [0.2, 0.25) is 17.7 Å². The minimum Gasteiger partial charge on any atom is -0.391 e. The lowest BCUT2D eigenvalue weighted by molar-refractivity contribution is -0.147. The van der Waals surface area contributed by atoms with Crippen molar-refractivity contribution in [2.45, 2.75) is 110 Å². The van der Waals surface area contributed by atoms with Gasteiger partial charge in [0.1, 0.15) is 6.04 Å². The molecule has 4 N–H and O–H groups in total. The van der Waals surface area contributed by atoms with E-state index in [1.54, 1.807) is 35.6 Å². The molecule has 0 aliphatic heterocycles. The van der Waals surface area contributed by atoms with Crippen molar-refractivity contribution in [1.82, 2.24) is 20.2 Å². The fourth-order valence-corrected chi connectivity index (χ4v) is 6.28. The van der Waals surface area contributed by atoms with Crippen molar-refractivity contribution >= 4 is 17.7 Å². The summed E-state index contributed by atoms with van der Waals surface area (Å²) in [5.74, 6) is -1.43. The highest BCUT2D eigenvalue weighted by Gasteiger charge is 2.39. The number of carbonyl (C=O) groups is 3. The molecule has 3 rings (SSSR count). The zero-order valence-electron chi connectivity index (χ0n) is 26.3. The molecule has 1 aliphatic rings. The number of pyridine rings is 2. The van der Waals surface area contributed by atoms with Gasteiger partial charge in [0.05, 0.1) is 30.8 Å². The Morgan fingerprint density at radius 1 is 1.07 bits per heavy atom. The second kappa shape index (κ2) is 17.1. The number of nitrogens with one attached hydrogen (secondary N) is 1. The summed E-state index contributed by atoms with van der Waals surface area (Å²) >= 11 is 0. The summed E-state index contributed by atoms with van der Waals surface area (Å²) in [7, 11) is 0. The number of amides is 3. The van der Waals surface area contributed by atoms with Crippen molar-refractivity contribution in [3.63, 3.8) is 0 Å². The fraction of sp³-hybridized carbons (Fsp3) is 0.618. The summed E-state index contributed by atoms with van der Waals surface area (Å²) in [6.07, 6.45) is 11.4. The van der Waals surface area contributed by atoms with Crippen LogP contribution >= 0.6 is 0 Å². The average molecular weight is 594 g/mol. The predicted molar refractivity (Wildman–Crippen MR) is 167 cm³/mol. The molecular weight excluding hydrogens is 542 g/mol. The van der Waals surface area contributed by atoms with E-state index < -0.39 is 30.0 Å². The second-order valence-electron chi connectivity index (χ2n) is 12.6. The Bertz CT molecular complexity index is 1140. The summed E-state index contributed by atoms with van der Waals surface area (Å²) in [6, 6.07) is 7.83. The molecule has 9 heteroatoms. The molecule has 43 heavy (non-hydrogen) atoms. The van der Waals surface area contributed by atoms with Crippen LogP contribution in [0.2, 0.25) is 0 Å². The zero-order valence-corrected chi connectivity index (χ0v) is 26.3. The number of rotatable bonds is 16. The van der Waals surface area contributed by atoms with Crippen LogP contribution in [0, 0.1) is 23.7 Å². The van der Waals surface area contributed by atoms with E-state index >= 15 is 0 Å². The smallest absolute Gasteiger partial charge is 0.240 e. The van der Waals surface area contributed by atoms with Gasteiger partial charge in [0.25, 0.3) is 0 Å². The SMILES string of the molecule is CC[C@H](C)[C@@H](C(N)=O)N(Cc1ccccn1)C(=O)[C@@H](C[C@H](O)[C@H](CC1CCCCC1)NC(=O)Cc1cccnc1)C(C)C. The highest BCUT2D eigenvalue weighted by Crippen LogP contribution is 2.31. The van der Waals surface area contributed by atoms with E-state index in [0.717, 1.165) is 31.2 Å². The summed E-state index contributed by atoms with van der Waals surface area (Å²) < 4.78 is 0. The van der Waals surface area contributed by atoms with E-state index in [0.29, 0.717) is 24.5 Å². The van der Waals surface area contributed by atoms with Gasteiger partial charge in [-0.1, -0.05) is 78.4 Å². The van der Waals surface area contributed by atoms with Gasteiger partial charge in [-0.15, -0.1) is 0 Å². The molecule has 0 saturated heterocycles. The third kappa shape index (κ3) is 10.4. The first kappa shape index (κ1) is 34.2. The van der Waals surface area contributed by atoms with E-state index in [4.69, 9.17) is 5.73 Å². The summed E-state index contributed by atoms with van der Waals surface area (Å²) in [4.78, 5) is 50.3. The minimum atomic E-state index is -0.941. The van der Waals surface area contributed by atoms with Crippen LogP contribution in [0.3, 0.4) is 0 Å². The molecule has 1 aliphatic carbocycles. The van der Waals surface area contributed by atoms with Crippen LogP contribution in [0.1, 0.15) is 90.3 Å². The number of aromatic nitrogens is 2. The Kier molecular flexibility index (Phi) is 13.6. The fourth-order valence-electron chi connectivity index (χ4n) is 6.28. The lowest BCUT2D eigenvalue weighted by atomic mass is 9.80. The molecule has 236 valence electrons. The molecule has 2 aromatic rings. The maximum Gasteiger partial charge on any atom is 0.240 e. The first-order valence-electron chi connectivity index (χ1n) is 16.0. The standard InChI is InChI=1S/C34H51N5O4/c1-5-24(4)32(33(35)42)39(22-27-15-9-10-17-37-27)34(43)28(23(2)3)20-30(40)29(18-25-12-7-6-8-13-25)38-31(41)19-26-14-11-16-36-21-26/h9-11,14-17,21,23-25,28-30,32,40H,5-8,12-13,18-20,22H2,1-4H3,(H2,35,42)(H,38,41)/t24-,28-,29-,30-,32-/m0/s1. The molecule has 0 radical (unpaired) electrons. The highest BCUT2D eigenvalue weighted by molar-refractivity contribution is 5.88.